The van der Waals surface area contributed by atoms with Crippen molar-refractivity contribution < 1.29 is 29.0 Å². The molecule has 1 fully saturated rings. The normalized spacial score (nSPS) is 19.1. The minimum absolute atomic E-state index is 0.0575. The number of nitrogens with one attached hydrogen (secondary N) is 1. The number of nitrogens with two attached hydrogens (primary N) is 1. The standard InChI is InChI=1S/C24H26N8O5S2/c1-29(2)15-6-5-7-16-13(15)9-31(30(16)3)8-12-10-38-22-18(21(34)32(22)19(12)23(35)36)27-20(33)17(28-37-4)14-11-39-24(25)26-14/h5-7,9,11,18,22H,8,10H2,1-4H3,(H3-,25,26,27,33,35,36)/p+1/b28-17-/t18-,22-/m1/s1. The van der Waals surface area contributed by atoms with E-state index in [-0.39, 0.29) is 28.8 Å². The molecule has 13 nitrogen and oxygen atoms in total. The van der Waals surface area contributed by atoms with Gasteiger partial charge >= 0.3 is 5.97 Å². The molecule has 1 aromatic carbocycles. The number of carboxylic acids is 1. The molecule has 204 valence electrons. The number of aromatic nitrogens is 3. The van der Waals surface area contributed by atoms with Crippen LogP contribution in [0.2, 0.25) is 0 Å². The van der Waals surface area contributed by atoms with Gasteiger partial charge in [0, 0.05) is 30.8 Å². The molecular formula is C24H27N8O5S2+. The van der Waals surface area contributed by atoms with Crippen molar-refractivity contribution in [1.82, 2.24) is 19.9 Å². The summed E-state index contributed by atoms with van der Waals surface area (Å²) >= 11 is 2.53. The lowest BCUT2D eigenvalue weighted by Crippen LogP contribution is -2.71. The number of β-lactam (4-membered cyclic amide) rings is 1. The van der Waals surface area contributed by atoms with Crippen molar-refractivity contribution >= 4 is 68.3 Å². The molecule has 2 aliphatic rings. The molecule has 0 spiro atoms. The van der Waals surface area contributed by atoms with E-state index in [4.69, 9.17) is 10.6 Å². The minimum Gasteiger partial charge on any atom is -0.477 e. The van der Waals surface area contributed by atoms with Gasteiger partial charge in [0.05, 0.1) is 18.1 Å². The summed E-state index contributed by atoms with van der Waals surface area (Å²) in [5, 5.41) is 18.8. The van der Waals surface area contributed by atoms with E-state index in [0.717, 1.165) is 27.9 Å². The van der Waals surface area contributed by atoms with Crippen LogP contribution in [0.25, 0.3) is 10.9 Å². The van der Waals surface area contributed by atoms with E-state index in [9.17, 15) is 19.5 Å². The Morgan fingerprint density at radius 3 is 2.79 bits per heavy atom. The third kappa shape index (κ3) is 4.57. The predicted octanol–water partition coefficient (Wildman–Crippen LogP) is 0.360. The van der Waals surface area contributed by atoms with Gasteiger partial charge in [-0.05, 0) is 12.1 Å². The lowest BCUT2D eigenvalue weighted by atomic mass is 10.0. The van der Waals surface area contributed by atoms with Gasteiger partial charge in [0.15, 0.2) is 17.4 Å². The topological polar surface area (TPSA) is 159 Å². The van der Waals surface area contributed by atoms with Crippen LogP contribution < -0.4 is 20.6 Å². The molecule has 0 radical (unpaired) electrons. The number of nitrogens with zero attached hydrogens (tertiary/aromatic N) is 6. The van der Waals surface area contributed by atoms with Gasteiger partial charge in [0.1, 0.15) is 35.4 Å². The van der Waals surface area contributed by atoms with E-state index in [1.165, 1.54) is 23.8 Å². The quantitative estimate of drug-likeness (QED) is 0.150. The minimum atomic E-state index is -1.19. The molecular weight excluding hydrogens is 544 g/mol. The maximum atomic E-state index is 13.2. The van der Waals surface area contributed by atoms with Crippen LogP contribution in [0.1, 0.15) is 5.69 Å². The monoisotopic (exact) mass is 571 g/mol. The summed E-state index contributed by atoms with van der Waals surface area (Å²) in [7, 11) is 7.14. The van der Waals surface area contributed by atoms with E-state index in [1.807, 2.05) is 59.8 Å². The van der Waals surface area contributed by atoms with Crippen LogP contribution in [0.4, 0.5) is 10.8 Å². The Kier molecular flexibility index (Phi) is 6.94. The number of benzene rings is 1. The molecule has 2 aromatic heterocycles. The third-order valence-corrected chi connectivity index (χ3v) is 8.62. The highest BCUT2D eigenvalue weighted by Crippen LogP contribution is 2.40. The number of aryl methyl sites for hydroxylation is 1. The van der Waals surface area contributed by atoms with E-state index in [0.29, 0.717) is 11.3 Å². The van der Waals surface area contributed by atoms with Crippen molar-refractivity contribution in [2.24, 2.45) is 12.2 Å². The van der Waals surface area contributed by atoms with Crippen LogP contribution in [-0.4, -0.2) is 81.5 Å². The van der Waals surface area contributed by atoms with Gasteiger partial charge in [-0.1, -0.05) is 11.2 Å². The number of anilines is 2. The number of carbonyl (C=O) groups excluding carboxylic acids is 2. The second-order valence-electron chi connectivity index (χ2n) is 9.17. The van der Waals surface area contributed by atoms with Gasteiger partial charge in [-0.3, -0.25) is 14.5 Å². The van der Waals surface area contributed by atoms with Crippen LogP contribution in [0.5, 0.6) is 0 Å². The average molecular weight is 572 g/mol. The summed E-state index contributed by atoms with van der Waals surface area (Å²) in [5.74, 6) is -2.00. The Hall–Kier alpha value is -4.11. The number of fused-ring (bicyclic) bond motifs is 2. The van der Waals surface area contributed by atoms with Gasteiger partial charge in [-0.25, -0.2) is 9.78 Å². The zero-order valence-corrected chi connectivity index (χ0v) is 23.2. The fourth-order valence-corrected chi connectivity index (χ4v) is 6.66. The molecule has 1 saturated heterocycles. The number of rotatable bonds is 8. The second kappa shape index (κ2) is 10.2. The average Bonchev–Trinajstić information content (AvgIpc) is 3.47. The number of carbonyl (C=O) groups is 3. The Labute approximate surface area is 231 Å². The van der Waals surface area contributed by atoms with Crippen LogP contribution in [0.3, 0.4) is 0 Å². The fraction of sp³-hybridized carbons (Fsp3) is 0.333. The Morgan fingerprint density at radius 1 is 1.38 bits per heavy atom. The number of hydrogen-bond acceptors (Lipinski definition) is 10. The number of thiazole rings is 1. The van der Waals surface area contributed by atoms with Gasteiger partial charge in [0.2, 0.25) is 6.20 Å². The molecule has 2 aliphatic heterocycles. The maximum absolute atomic E-state index is 13.2. The van der Waals surface area contributed by atoms with Crippen molar-refractivity contribution in [2.75, 3.05) is 37.6 Å². The van der Waals surface area contributed by atoms with Gasteiger partial charge < -0.3 is 25.9 Å². The molecule has 39 heavy (non-hydrogen) atoms. The number of thioether (sulfide) groups is 1. The zero-order chi connectivity index (χ0) is 28.0. The molecule has 4 N–H and O–H groups in total. The predicted molar refractivity (Wildman–Crippen MR) is 147 cm³/mol. The van der Waals surface area contributed by atoms with Crippen LogP contribution >= 0.6 is 23.1 Å². The fourth-order valence-electron chi connectivity index (χ4n) is 4.77. The summed E-state index contributed by atoms with van der Waals surface area (Å²) in [6.07, 6.45) is 1.98. The summed E-state index contributed by atoms with van der Waals surface area (Å²) in [6.45, 7) is 0.288. The number of hydrogen-bond donors (Lipinski definition) is 3. The van der Waals surface area contributed by atoms with Crippen molar-refractivity contribution in [3.63, 3.8) is 0 Å². The van der Waals surface area contributed by atoms with Crippen LogP contribution in [0.15, 0.2) is 46.2 Å². The SMILES string of the molecule is CO/N=C(\C(=O)N[C@@H]1C(=O)N2C(C(=O)O)=C(C[n+]3cc4c(N(C)C)cccc4n3C)CS[C@H]12)c1csc(N)n1. The maximum Gasteiger partial charge on any atom is 0.352 e. The highest BCUT2D eigenvalue weighted by atomic mass is 32.2. The molecule has 0 bridgehead atoms. The lowest BCUT2D eigenvalue weighted by molar-refractivity contribution is -0.764. The molecule has 0 aliphatic carbocycles. The summed E-state index contributed by atoms with van der Waals surface area (Å²) in [6, 6.07) is 5.08. The first kappa shape index (κ1) is 26.5. The van der Waals surface area contributed by atoms with E-state index < -0.39 is 29.2 Å². The smallest absolute Gasteiger partial charge is 0.352 e. The molecule has 0 unspecified atom stereocenters. The molecule has 5 rings (SSSR count). The number of amides is 2. The largest absolute Gasteiger partial charge is 0.477 e. The zero-order valence-electron chi connectivity index (χ0n) is 21.6. The van der Waals surface area contributed by atoms with E-state index in [2.05, 4.69) is 15.5 Å². The molecule has 2 atom stereocenters. The van der Waals surface area contributed by atoms with E-state index in [1.54, 1.807) is 5.38 Å². The molecule has 3 aromatic rings. The second-order valence-corrected chi connectivity index (χ2v) is 11.2. The Bertz CT molecular complexity index is 1560. The number of carboxylic acid groups (broad SMARTS) is 1. The summed E-state index contributed by atoms with van der Waals surface area (Å²) in [5.41, 5.74) is 8.35. The molecule has 4 heterocycles. The van der Waals surface area contributed by atoms with Gasteiger partial charge in [0.25, 0.3) is 11.8 Å². The molecule has 0 saturated carbocycles. The van der Waals surface area contributed by atoms with Crippen molar-refractivity contribution in [2.45, 2.75) is 18.0 Å². The highest BCUT2D eigenvalue weighted by Gasteiger charge is 2.55. The Balaban J connectivity index is 1.40. The van der Waals surface area contributed by atoms with Crippen LogP contribution in [0, 0.1) is 0 Å². The van der Waals surface area contributed by atoms with E-state index >= 15 is 0 Å². The number of nitrogen functional groups attached to an aromatic ring is 1. The number of aliphatic carboxylic acids is 1. The van der Waals surface area contributed by atoms with Crippen molar-refractivity contribution in [3.8, 4) is 0 Å². The first-order valence-corrected chi connectivity index (χ1v) is 13.7. The summed E-state index contributed by atoms with van der Waals surface area (Å²) in [4.78, 5) is 50.6. The van der Waals surface area contributed by atoms with Crippen LogP contribution in [-0.2, 0) is 32.8 Å². The number of oxime groups is 1. The third-order valence-electron chi connectivity index (χ3n) is 6.61. The van der Waals surface area contributed by atoms with Gasteiger partial charge in [-0.15, -0.1) is 27.8 Å². The summed E-state index contributed by atoms with van der Waals surface area (Å²) < 4.78 is 3.90. The lowest BCUT2D eigenvalue weighted by Gasteiger charge is -2.49. The first-order valence-electron chi connectivity index (χ1n) is 11.8. The first-order chi connectivity index (χ1) is 18.6. The molecule has 2 amide bonds. The Morgan fingerprint density at radius 2 is 2.15 bits per heavy atom. The van der Waals surface area contributed by atoms with Crippen molar-refractivity contribution in [1.29, 1.82) is 0 Å². The van der Waals surface area contributed by atoms with Gasteiger partial charge in [-0.2, -0.15) is 4.68 Å². The molecule has 15 heteroatoms. The highest BCUT2D eigenvalue weighted by molar-refractivity contribution is 8.00. The van der Waals surface area contributed by atoms with Crippen molar-refractivity contribution in [3.05, 3.63) is 46.7 Å².